The van der Waals surface area contributed by atoms with Gasteiger partial charge in [-0.3, -0.25) is 4.79 Å². The van der Waals surface area contributed by atoms with Gasteiger partial charge in [0.05, 0.1) is 18.1 Å². The first-order chi connectivity index (χ1) is 7.50. The van der Waals surface area contributed by atoms with Gasteiger partial charge in [0.15, 0.2) is 5.79 Å². The fourth-order valence-electron chi connectivity index (χ4n) is 2.93. The van der Waals surface area contributed by atoms with Gasteiger partial charge in [-0.05, 0) is 33.1 Å². The van der Waals surface area contributed by atoms with E-state index in [2.05, 4.69) is 0 Å². The summed E-state index contributed by atoms with van der Waals surface area (Å²) in [4.78, 5) is 12.1. The van der Waals surface area contributed by atoms with E-state index < -0.39 is 5.79 Å². The van der Waals surface area contributed by atoms with E-state index in [1.54, 1.807) is 0 Å². The van der Waals surface area contributed by atoms with Gasteiger partial charge in [-0.25, -0.2) is 0 Å². The average Bonchev–Trinajstić information content (AvgIpc) is 2.14. The molecule has 92 valence electrons. The molecule has 2 aliphatic rings. The van der Waals surface area contributed by atoms with E-state index in [0.717, 1.165) is 25.7 Å². The minimum Gasteiger partial charge on any atom is -0.350 e. The highest BCUT2D eigenvalue weighted by Crippen LogP contribution is 2.49. The van der Waals surface area contributed by atoms with Crippen LogP contribution in [0.2, 0.25) is 0 Å². The molecule has 0 amide bonds. The molecule has 2 fully saturated rings. The SMILES string of the molecule is CCC(=O)C1([C@@H]2CCOC(C)(C)O2)CCC1. The number of hydrogen-bond acceptors (Lipinski definition) is 3. The lowest BCUT2D eigenvalue weighted by atomic mass is 9.61. The topological polar surface area (TPSA) is 35.5 Å². The first-order valence-electron chi connectivity index (χ1n) is 6.35. The van der Waals surface area contributed by atoms with Crippen molar-refractivity contribution in [3.05, 3.63) is 0 Å². The van der Waals surface area contributed by atoms with Gasteiger partial charge >= 0.3 is 0 Å². The summed E-state index contributed by atoms with van der Waals surface area (Å²) in [5, 5.41) is 0. The predicted octanol–water partition coefficient (Wildman–Crippen LogP) is 2.68. The Balaban J connectivity index is 2.12. The quantitative estimate of drug-likeness (QED) is 0.742. The van der Waals surface area contributed by atoms with Crippen LogP contribution in [-0.4, -0.2) is 24.3 Å². The number of hydrogen-bond donors (Lipinski definition) is 0. The summed E-state index contributed by atoms with van der Waals surface area (Å²) in [5.41, 5.74) is -0.185. The normalized spacial score (nSPS) is 31.8. The van der Waals surface area contributed by atoms with Gasteiger partial charge in [-0.2, -0.15) is 0 Å². The Labute approximate surface area is 97.5 Å². The van der Waals surface area contributed by atoms with Crippen LogP contribution in [0.3, 0.4) is 0 Å². The highest BCUT2D eigenvalue weighted by molar-refractivity contribution is 5.86. The van der Waals surface area contributed by atoms with E-state index in [-0.39, 0.29) is 11.5 Å². The van der Waals surface area contributed by atoms with Crippen LogP contribution < -0.4 is 0 Å². The van der Waals surface area contributed by atoms with E-state index in [9.17, 15) is 4.79 Å². The molecular formula is C13H22O3. The average molecular weight is 226 g/mol. The molecular weight excluding hydrogens is 204 g/mol. The monoisotopic (exact) mass is 226 g/mol. The maximum absolute atomic E-state index is 12.1. The fourth-order valence-corrected chi connectivity index (χ4v) is 2.93. The van der Waals surface area contributed by atoms with Gasteiger partial charge in [-0.1, -0.05) is 13.3 Å². The Morgan fingerprint density at radius 3 is 2.50 bits per heavy atom. The second-order valence-corrected chi connectivity index (χ2v) is 5.43. The molecule has 0 aromatic carbocycles. The summed E-state index contributed by atoms with van der Waals surface area (Å²) < 4.78 is 11.5. The molecule has 1 heterocycles. The van der Waals surface area contributed by atoms with Crippen LogP contribution in [0.15, 0.2) is 0 Å². The number of carbonyl (C=O) groups excluding carboxylic acids is 1. The van der Waals surface area contributed by atoms with Gasteiger partial charge in [0, 0.05) is 6.42 Å². The number of Topliss-reactive ketones (excluding diaryl/α,β-unsaturated/α-hetero) is 1. The number of ketones is 1. The molecule has 1 aliphatic heterocycles. The molecule has 0 bridgehead atoms. The molecule has 3 heteroatoms. The molecule has 16 heavy (non-hydrogen) atoms. The standard InChI is InChI=1S/C13H22O3/c1-4-10(14)13(7-5-8-13)11-6-9-15-12(2,3)16-11/h11H,4-9H2,1-3H3/t11-/m0/s1. The molecule has 1 aliphatic carbocycles. The van der Waals surface area contributed by atoms with Crippen LogP contribution >= 0.6 is 0 Å². The van der Waals surface area contributed by atoms with Crippen LogP contribution in [-0.2, 0) is 14.3 Å². The summed E-state index contributed by atoms with van der Waals surface area (Å²) in [7, 11) is 0. The summed E-state index contributed by atoms with van der Waals surface area (Å²) in [6.07, 6.45) is 4.71. The fraction of sp³-hybridized carbons (Fsp3) is 0.923. The molecule has 0 N–H and O–H groups in total. The molecule has 1 atom stereocenters. The summed E-state index contributed by atoms with van der Waals surface area (Å²) in [6, 6.07) is 0. The van der Waals surface area contributed by atoms with Crippen LogP contribution in [0.4, 0.5) is 0 Å². The van der Waals surface area contributed by atoms with Crippen molar-refractivity contribution in [3.63, 3.8) is 0 Å². The molecule has 0 unspecified atom stereocenters. The zero-order valence-electron chi connectivity index (χ0n) is 10.5. The van der Waals surface area contributed by atoms with Gasteiger partial charge in [0.1, 0.15) is 5.78 Å². The highest BCUT2D eigenvalue weighted by atomic mass is 16.7. The molecule has 0 aromatic heterocycles. The van der Waals surface area contributed by atoms with Crippen LogP contribution in [0.5, 0.6) is 0 Å². The van der Waals surface area contributed by atoms with E-state index in [0.29, 0.717) is 18.8 Å². The maximum atomic E-state index is 12.1. The molecule has 0 aromatic rings. The largest absolute Gasteiger partial charge is 0.350 e. The Kier molecular flexibility index (Phi) is 3.10. The summed E-state index contributed by atoms with van der Waals surface area (Å²) >= 11 is 0. The molecule has 1 saturated carbocycles. The third-order valence-electron chi connectivity index (χ3n) is 3.99. The van der Waals surface area contributed by atoms with Crippen molar-refractivity contribution in [2.75, 3.05) is 6.61 Å². The third-order valence-corrected chi connectivity index (χ3v) is 3.99. The Hall–Kier alpha value is -0.410. The molecule has 3 nitrogen and oxygen atoms in total. The second kappa shape index (κ2) is 4.11. The van der Waals surface area contributed by atoms with Crippen molar-refractivity contribution in [1.29, 1.82) is 0 Å². The van der Waals surface area contributed by atoms with E-state index >= 15 is 0 Å². The van der Waals surface area contributed by atoms with Gasteiger partial charge < -0.3 is 9.47 Å². The Bertz CT molecular complexity index is 279. The molecule has 0 spiro atoms. The van der Waals surface area contributed by atoms with Crippen LogP contribution in [0, 0.1) is 5.41 Å². The van der Waals surface area contributed by atoms with Crippen LogP contribution in [0.1, 0.15) is 52.9 Å². The van der Waals surface area contributed by atoms with E-state index in [4.69, 9.17) is 9.47 Å². The maximum Gasteiger partial charge on any atom is 0.163 e. The molecule has 2 rings (SSSR count). The lowest BCUT2D eigenvalue weighted by molar-refractivity contribution is -0.297. The lowest BCUT2D eigenvalue weighted by Crippen LogP contribution is -2.54. The highest BCUT2D eigenvalue weighted by Gasteiger charge is 2.52. The van der Waals surface area contributed by atoms with Crippen molar-refractivity contribution < 1.29 is 14.3 Å². The Morgan fingerprint density at radius 2 is 2.06 bits per heavy atom. The first kappa shape index (κ1) is 12.1. The van der Waals surface area contributed by atoms with E-state index in [1.807, 2.05) is 20.8 Å². The molecule has 1 saturated heterocycles. The van der Waals surface area contributed by atoms with Crippen molar-refractivity contribution in [3.8, 4) is 0 Å². The summed E-state index contributed by atoms with van der Waals surface area (Å²) in [5.74, 6) is -0.152. The smallest absolute Gasteiger partial charge is 0.163 e. The second-order valence-electron chi connectivity index (χ2n) is 5.43. The number of carbonyl (C=O) groups is 1. The van der Waals surface area contributed by atoms with Gasteiger partial charge in [-0.15, -0.1) is 0 Å². The Morgan fingerprint density at radius 1 is 1.38 bits per heavy atom. The van der Waals surface area contributed by atoms with Crippen molar-refractivity contribution in [1.82, 2.24) is 0 Å². The van der Waals surface area contributed by atoms with Crippen LogP contribution in [0.25, 0.3) is 0 Å². The zero-order chi connectivity index (χ0) is 11.8. The minimum absolute atomic E-state index is 0.0671. The zero-order valence-corrected chi connectivity index (χ0v) is 10.5. The number of rotatable bonds is 3. The van der Waals surface area contributed by atoms with Gasteiger partial charge in [0.25, 0.3) is 0 Å². The molecule has 0 radical (unpaired) electrons. The van der Waals surface area contributed by atoms with Crippen molar-refractivity contribution >= 4 is 5.78 Å². The van der Waals surface area contributed by atoms with Gasteiger partial charge in [0.2, 0.25) is 0 Å². The minimum atomic E-state index is -0.528. The third kappa shape index (κ3) is 1.91. The first-order valence-corrected chi connectivity index (χ1v) is 6.35. The van der Waals surface area contributed by atoms with Crippen molar-refractivity contribution in [2.24, 2.45) is 5.41 Å². The van der Waals surface area contributed by atoms with Crippen molar-refractivity contribution in [2.45, 2.75) is 64.8 Å². The number of ether oxygens (including phenoxy) is 2. The lowest BCUT2D eigenvalue weighted by Gasteiger charge is -2.50. The summed E-state index contributed by atoms with van der Waals surface area (Å²) in [6.45, 7) is 6.52. The predicted molar refractivity (Wildman–Crippen MR) is 61.1 cm³/mol. The van der Waals surface area contributed by atoms with E-state index in [1.165, 1.54) is 0 Å².